The van der Waals surface area contributed by atoms with Crippen molar-refractivity contribution in [3.63, 3.8) is 0 Å². The molecular formula is C15H14N5O4+. The zero-order chi connectivity index (χ0) is 17.8. The summed E-state index contributed by atoms with van der Waals surface area (Å²) in [5, 5.41) is 30.7. The molecule has 0 bridgehead atoms. The topological polar surface area (TPSA) is 149 Å². The van der Waals surface area contributed by atoms with Crippen molar-refractivity contribution in [3.8, 4) is 12.1 Å². The number of hydrogen-bond donors (Lipinski definition) is 2. The highest BCUT2D eigenvalue weighted by atomic mass is 16.7. The predicted molar refractivity (Wildman–Crippen MR) is 78.8 cm³/mol. The van der Waals surface area contributed by atoms with Crippen molar-refractivity contribution in [3.05, 3.63) is 39.9 Å². The van der Waals surface area contributed by atoms with E-state index < -0.39 is 27.6 Å². The quantitative estimate of drug-likeness (QED) is 0.413. The lowest BCUT2D eigenvalue weighted by atomic mass is 9.93. The van der Waals surface area contributed by atoms with Gasteiger partial charge in [0, 0.05) is 32.3 Å². The van der Waals surface area contributed by atoms with Gasteiger partial charge in [-0.2, -0.15) is 10.5 Å². The SMILES string of the molecule is COC1(OC)[NH+]=C(N)[C@@]2(C#N)[C@@H](c3cccc([N+](=O)[O-])c3)[C@@]12C#N. The maximum absolute atomic E-state index is 11.0. The molecule has 0 saturated heterocycles. The van der Waals surface area contributed by atoms with E-state index in [0.29, 0.717) is 5.56 Å². The largest absolute Gasteiger partial charge is 0.342 e. The van der Waals surface area contributed by atoms with Crippen molar-refractivity contribution in [1.29, 1.82) is 10.5 Å². The Hall–Kier alpha value is -3.01. The van der Waals surface area contributed by atoms with Crippen molar-refractivity contribution in [2.24, 2.45) is 16.6 Å². The Morgan fingerprint density at radius 2 is 2.00 bits per heavy atom. The lowest BCUT2D eigenvalue weighted by Gasteiger charge is -2.26. The number of non-ortho nitro benzene ring substituents is 1. The molecule has 1 aliphatic carbocycles. The average molecular weight is 328 g/mol. The van der Waals surface area contributed by atoms with Gasteiger partial charge in [0.05, 0.1) is 17.1 Å². The van der Waals surface area contributed by atoms with Gasteiger partial charge in [0.15, 0.2) is 10.8 Å². The Bertz CT molecular complexity index is 850. The monoisotopic (exact) mass is 328 g/mol. The van der Waals surface area contributed by atoms with Crippen LogP contribution in [0.4, 0.5) is 5.69 Å². The number of rotatable bonds is 4. The van der Waals surface area contributed by atoms with Gasteiger partial charge in [-0.3, -0.25) is 15.8 Å². The summed E-state index contributed by atoms with van der Waals surface area (Å²) in [6, 6.07) is 10.0. The van der Waals surface area contributed by atoms with Crippen LogP contribution in [0.1, 0.15) is 11.5 Å². The number of nitriles is 2. The molecule has 9 nitrogen and oxygen atoms in total. The van der Waals surface area contributed by atoms with Gasteiger partial charge in [0.1, 0.15) is 0 Å². The van der Waals surface area contributed by atoms with Gasteiger partial charge >= 0.3 is 5.91 Å². The van der Waals surface area contributed by atoms with E-state index in [1.165, 1.54) is 32.4 Å². The highest BCUT2D eigenvalue weighted by Gasteiger charge is 2.97. The summed E-state index contributed by atoms with van der Waals surface area (Å²) in [4.78, 5) is 13.3. The fourth-order valence-electron chi connectivity index (χ4n) is 3.93. The maximum atomic E-state index is 11.0. The van der Waals surface area contributed by atoms with Crippen LogP contribution in [0.2, 0.25) is 0 Å². The molecule has 3 rings (SSSR count). The van der Waals surface area contributed by atoms with Crippen LogP contribution >= 0.6 is 0 Å². The third-order valence-corrected chi connectivity index (χ3v) is 4.99. The van der Waals surface area contributed by atoms with Crippen LogP contribution < -0.4 is 10.7 Å². The molecule has 122 valence electrons. The van der Waals surface area contributed by atoms with Crippen molar-refractivity contribution in [1.82, 2.24) is 0 Å². The second-order valence-electron chi connectivity index (χ2n) is 5.69. The fraction of sp³-hybridized carbons (Fsp3) is 0.400. The minimum absolute atomic E-state index is 0.0479. The Morgan fingerprint density at radius 1 is 1.33 bits per heavy atom. The van der Waals surface area contributed by atoms with Crippen molar-refractivity contribution in [2.75, 3.05) is 14.2 Å². The van der Waals surface area contributed by atoms with Crippen molar-refractivity contribution in [2.45, 2.75) is 11.8 Å². The van der Waals surface area contributed by atoms with Gasteiger partial charge in [-0.05, 0) is 5.56 Å². The lowest BCUT2D eigenvalue weighted by molar-refractivity contribution is -0.687. The van der Waals surface area contributed by atoms with E-state index in [9.17, 15) is 20.6 Å². The molecule has 0 unspecified atom stereocenters. The number of benzene rings is 1. The maximum Gasteiger partial charge on any atom is 0.342 e. The van der Waals surface area contributed by atoms with Crippen LogP contribution in [0, 0.1) is 43.6 Å². The van der Waals surface area contributed by atoms with Gasteiger partial charge in [-0.25, -0.2) is 4.99 Å². The van der Waals surface area contributed by atoms with Gasteiger partial charge in [0.25, 0.3) is 11.5 Å². The van der Waals surface area contributed by atoms with E-state index in [2.05, 4.69) is 17.1 Å². The number of nitro groups is 1. The van der Waals surface area contributed by atoms with Crippen LogP contribution in [-0.4, -0.2) is 30.9 Å². The summed E-state index contributed by atoms with van der Waals surface area (Å²) in [6.45, 7) is 0. The minimum atomic E-state index is -1.61. The van der Waals surface area contributed by atoms with Gasteiger partial charge < -0.3 is 9.47 Å². The third kappa shape index (κ3) is 1.41. The molecule has 2 aliphatic rings. The van der Waals surface area contributed by atoms with Gasteiger partial charge in [-0.1, -0.05) is 12.1 Å². The molecule has 1 saturated carbocycles. The molecule has 3 N–H and O–H groups in total. The molecule has 0 radical (unpaired) electrons. The Labute approximate surface area is 137 Å². The number of nitrogens with two attached hydrogens (primary N) is 1. The van der Waals surface area contributed by atoms with E-state index in [0.717, 1.165) is 0 Å². The number of hydrogen-bond acceptors (Lipinski definition) is 7. The van der Waals surface area contributed by atoms with Gasteiger partial charge in [-0.15, -0.1) is 0 Å². The Kier molecular flexibility index (Phi) is 3.14. The molecule has 0 aromatic heterocycles. The van der Waals surface area contributed by atoms with E-state index in [1.54, 1.807) is 6.07 Å². The van der Waals surface area contributed by atoms with Crippen LogP contribution in [0.3, 0.4) is 0 Å². The summed E-state index contributed by atoms with van der Waals surface area (Å²) in [5.41, 5.74) is 3.48. The lowest BCUT2D eigenvalue weighted by Crippen LogP contribution is -2.90. The summed E-state index contributed by atoms with van der Waals surface area (Å²) < 4.78 is 10.8. The molecule has 0 amide bonds. The molecule has 24 heavy (non-hydrogen) atoms. The molecule has 1 heterocycles. The number of fused-ring (bicyclic) bond motifs is 1. The molecule has 1 aliphatic heterocycles. The number of amidine groups is 1. The first kappa shape index (κ1) is 15.9. The van der Waals surface area contributed by atoms with Crippen molar-refractivity contribution < 1.29 is 19.4 Å². The zero-order valence-electron chi connectivity index (χ0n) is 12.9. The summed E-state index contributed by atoms with van der Waals surface area (Å²) in [7, 11) is 2.66. The Balaban J connectivity index is 2.24. The molecule has 0 spiro atoms. The first-order chi connectivity index (χ1) is 11.4. The number of nitrogens with one attached hydrogen (secondary N) is 1. The highest BCUT2D eigenvalue weighted by Crippen LogP contribution is 2.78. The Morgan fingerprint density at radius 3 is 2.50 bits per heavy atom. The number of ether oxygens (including phenoxy) is 2. The van der Waals surface area contributed by atoms with Crippen LogP contribution in [0.25, 0.3) is 0 Å². The fourth-order valence-corrected chi connectivity index (χ4v) is 3.93. The second-order valence-corrected chi connectivity index (χ2v) is 5.69. The number of nitro benzene ring substituents is 1. The van der Waals surface area contributed by atoms with E-state index in [1.807, 2.05) is 0 Å². The average Bonchev–Trinajstić information content (AvgIpc) is 3.18. The van der Waals surface area contributed by atoms with Crippen LogP contribution in [0.5, 0.6) is 0 Å². The summed E-state index contributed by atoms with van der Waals surface area (Å²) in [5.74, 6) is -2.29. The predicted octanol–water partition coefficient (Wildman–Crippen LogP) is -0.890. The molecule has 3 atom stereocenters. The minimum Gasteiger partial charge on any atom is -0.317 e. The zero-order valence-corrected chi connectivity index (χ0v) is 12.9. The van der Waals surface area contributed by atoms with Crippen LogP contribution in [0.15, 0.2) is 24.3 Å². The highest BCUT2D eigenvalue weighted by molar-refractivity contribution is 5.95. The van der Waals surface area contributed by atoms with E-state index in [4.69, 9.17) is 15.2 Å². The second kappa shape index (κ2) is 4.74. The third-order valence-electron chi connectivity index (χ3n) is 4.99. The standard InChI is InChI=1S/C15H13N5O4/c1-23-15(24-2)14(8-17)11(13(14,7-16)12(18)19-15)9-4-3-5-10(6-9)20(21)22/h3-6,11H,1-2H3,(H2,18,19)/p+1/t11-,13-,14-/m1/s1. The molecule has 1 fully saturated rings. The first-order valence-corrected chi connectivity index (χ1v) is 6.99. The van der Waals surface area contributed by atoms with E-state index in [-0.39, 0.29) is 11.5 Å². The number of methoxy groups -OCH3 is 2. The smallest absolute Gasteiger partial charge is 0.317 e. The van der Waals surface area contributed by atoms with Gasteiger partial charge in [0.2, 0.25) is 0 Å². The molecule has 1 aromatic carbocycles. The molecular weight excluding hydrogens is 314 g/mol. The summed E-state index contributed by atoms with van der Waals surface area (Å²) >= 11 is 0. The normalized spacial score (nSPS) is 32.2. The first-order valence-electron chi connectivity index (χ1n) is 6.99. The molecule has 1 aromatic rings. The molecule has 9 heteroatoms. The van der Waals surface area contributed by atoms with Crippen LogP contribution in [-0.2, 0) is 9.47 Å². The van der Waals surface area contributed by atoms with Crippen molar-refractivity contribution >= 4 is 11.5 Å². The number of nitrogens with zero attached hydrogens (tertiary/aromatic N) is 3. The summed E-state index contributed by atoms with van der Waals surface area (Å²) in [6.07, 6.45) is 0. The van der Waals surface area contributed by atoms with E-state index >= 15 is 0 Å².